The molecule has 0 saturated heterocycles. The molecule has 2 aromatic carbocycles. The molecule has 0 radical (unpaired) electrons. The van der Waals surface area contributed by atoms with E-state index >= 15 is 0 Å². The molecule has 2 aromatic rings. The normalized spacial score (nSPS) is 14.1. The Balaban J connectivity index is 1.85. The highest BCUT2D eigenvalue weighted by Crippen LogP contribution is 2.26. The highest BCUT2D eigenvalue weighted by Gasteiger charge is 2.25. The second kappa shape index (κ2) is 8.51. The first kappa shape index (κ1) is 20.6. The first-order chi connectivity index (χ1) is 13.3. The zero-order chi connectivity index (χ0) is 20.3. The number of hydrogen-bond donors (Lipinski definition) is 1. The molecule has 0 bridgehead atoms. The van der Waals surface area contributed by atoms with Crippen molar-refractivity contribution in [2.75, 3.05) is 13.7 Å². The summed E-state index contributed by atoms with van der Waals surface area (Å²) in [5.74, 6) is 0.402. The van der Waals surface area contributed by atoms with Gasteiger partial charge >= 0.3 is 0 Å². The van der Waals surface area contributed by atoms with E-state index in [9.17, 15) is 13.2 Å². The van der Waals surface area contributed by atoms with Gasteiger partial charge in [-0.3, -0.25) is 4.79 Å². The van der Waals surface area contributed by atoms with Crippen molar-refractivity contribution in [3.8, 4) is 5.75 Å². The minimum absolute atomic E-state index is 0.0742. The number of nitrogens with one attached hydrogen (secondary N) is 1. The van der Waals surface area contributed by atoms with Crippen molar-refractivity contribution in [2.45, 2.75) is 37.2 Å². The lowest BCUT2D eigenvalue weighted by Gasteiger charge is -2.20. The highest BCUT2D eigenvalue weighted by atomic mass is 35.5. The molecule has 1 aliphatic rings. The first-order valence-electron chi connectivity index (χ1n) is 9.09. The van der Waals surface area contributed by atoms with Crippen LogP contribution in [-0.2, 0) is 16.6 Å². The minimum Gasteiger partial charge on any atom is -0.494 e. The molecule has 0 aromatic heterocycles. The molecule has 1 aliphatic carbocycles. The summed E-state index contributed by atoms with van der Waals surface area (Å²) in [6, 6.07) is 11.4. The maximum absolute atomic E-state index is 12.9. The lowest BCUT2D eigenvalue weighted by Crippen LogP contribution is -2.28. The van der Waals surface area contributed by atoms with Crippen LogP contribution >= 0.6 is 11.6 Å². The van der Waals surface area contributed by atoms with Crippen LogP contribution < -0.4 is 10.1 Å². The van der Waals surface area contributed by atoms with E-state index in [1.165, 1.54) is 35.6 Å². The number of amides is 1. The third-order valence-corrected chi connectivity index (χ3v) is 6.52. The van der Waals surface area contributed by atoms with E-state index in [1.807, 2.05) is 6.92 Å². The van der Waals surface area contributed by atoms with Crippen molar-refractivity contribution in [2.24, 2.45) is 0 Å². The fourth-order valence-electron chi connectivity index (χ4n) is 2.75. The van der Waals surface area contributed by atoms with Crippen LogP contribution in [0.15, 0.2) is 47.4 Å². The monoisotopic (exact) mass is 422 g/mol. The molecule has 3 rings (SSSR count). The number of benzene rings is 2. The van der Waals surface area contributed by atoms with Crippen LogP contribution in [0.3, 0.4) is 0 Å². The van der Waals surface area contributed by atoms with Crippen LogP contribution in [0, 0.1) is 0 Å². The van der Waals surface area contributed by atoms with E-state index in [2.05, 4.69) is 5.32 Å². The maximum atomic E-state index is 12.9. The van der Waals surface area contributed by atoms with Crippen molar-refractivity contribution in [1.29, 1.82) is 0 Å². The van der Waals surface area contributed by atoms with Gasteiger partial charge in [-0.2, -0.15) is 4.31 Å². The number of carbonyl (C=O) groups is 1. The Morgan fingerprint density at radius 2 is 1.89 bits per heavy atom. The van der Waals surface area contributed by atoms with Gasteiger partial charge in [0, 0.05) is 35.8 Å². The summed E-state index contributed by atoms with van der Waals surface area (Å²) in [6.45, 7) is 2.37. The van der Waals surface area contributed by atoms with Crippen LogP contribution in [0.2, 0.25) is 5.02 Å². The summed E-state index contributed by atoms with van der Waals surface area (Å²) < 4.78 is 32.6. The fourth-order valence-corrected chi connectivity index (χ4v) is 4.02. The molecule has 1 N–H and O–H groups in total. The molecule has 1 amide bonds. The van der Waals surface area contributed by atoms with Gasteiger partial charge in [0.1, 0.15) is 5.75 Å². The summed E-state index contributed by atoms with van der Waals surface area (Å²) in [4.78, 5) is 12.5. The van der Waals surface area contributed by atoms with Crippen LogP contribution in [-0.4, -0.2) is 38.3 Å². The number of carbonyl (C=O) groups excluding carboxylic acids is 1. The van der Waals surface area contributed by atoms with E-state index in [0.717, 1.165) is 12.8 Å². The molecule has 8 heteroatoms. The molecule has 0 unspecified atom stereocenters. The molecule has 1 saturated carbocycles. The summed E-state index contributed by atoms with van der Waals surface area (Å²) in [7, 11) is -2.21. The Morgan fingerprint density at radius 3 is 2.50 bits per heavy atom. The fraction of sp³-hybridized carbons (Fsp3) is 0.350. The molecule has 28 heavy (non-hydrogen) atoms. The number of halogens is 1. The lowest BCUT2D eigenvalue weighted by atomic mass is 10.1. The van der Waals surface area contributed by atoms with Gasteiger partial charge in [0.2, 0.25) is 10.0 Å². The second-order valence-corrected chi connectivity index (χ2v) is 9.20. The average molecular weight is 423 g/mol. The number of ether oxygens (including phenoxy) is 1. The highest BCUT2D eigenvalue weighted by molar-refractivity contribution is 7.89. The van der Waals surface area contributed by atoms with E-state index in [-0.39, 0.29) is 23.4 Å². The quantitative estimate of drug-likeness (QED) is 0.706. The maximum Gasteiger partial charge on any atom is 0.251 e. The Morgan fingerprint density at radius 1 is 1.21 bits per heavy atom. The smallest absolute Gasteiger partial charge is 0.251 e. The minimum atomic E-state index is -3.71. The summed E-state index contributed by atoms with van der Waals surface area (Å²) in [5.41, 5.74) is 1.12. The standard InChI is InChI=1S/C20H23ClN2O4S/c1-3-27-19-11-4-14(20(24)22-17-7-8-17)12-15(19)13-23(2)28(25,26)18-9-5-16(21)6-10-18/h4-6,9-12,17H,3,7-8,13H2,1-2H3,(H,22,24). The van der Waals surface area contributed by atoms with Crippen LogP contribution in [0.5, 0.6) is 5.75 Å². The number of hydrogen-bond acceptors (Lipinski definition) is 4. The van der Waals surface area contributed by atoms with Gasteiger partial charge in [0.15, 0.2) is 0 Å². The third-order valence-electron chi connectivity index (χ3n) is 4.45. The van der Waals surface area contributed by atoms with Crippen LogP contribution in [0.25, 0.3) is 0 Å². The van der Waals surface area contributed by atoms with E-state index in [1.54, 1.807) is 18.2 Å². The van der Waals surface area contributed by atoms with Gasteiger partial charge in [-0.25, -0.2) is 8.42 Å². The third kappa shape index (κ3) is 4.84. The number of rotatable bonds is 8. The van der Waals surface area contributed by atoms with Gasteiger partial charge in [0.25, 0.3) is 5.91 Å². The molecule has 0 heterocycles. The van der Waals surface area contributed by atoms with E-state index in [0.29, 0.717) is 28.5 Å². The Bertz CT molecular complexity index is 957. The summed E-state index contributed by atoms with van der Waals surface area (Å²) in [6.07, 6.45) is 2.00. The predicted molar refractivity (Wildman–Crippen MR) is 108 cm³/mol. The zero-order valence-corrected chi connectivity index (χ0v) is 17.4. The van der Waals surface area contributed by atoms with Gasteiger partial charge < -0.3 is 10.1 Å². The van der Waals surface area contributed by atoms with Crippen LogP contribution in [0.4, 0.5) is 0 Å². The molecular weight excluding hydrogens is 400 g/mol. The van der Waals surface area contributed by atoms with Gasteiger partial charge in [-0.05, 0) is 62.2 Å². The number of nitrogens with zero attached hydrogens (tertiary/aromatic N) is 1. The second-order valence-electron chi connectivity index (χ2n) is 6.72. The van der Waals surface area contributed by atoms with E-state index < -0.39 is 10.0 Å². The van der Waals surface area contributed by atoms with E-state index in [4.69, 9.17) is 16.3 Å². The van der Waals surface area contributed by atoms with Gasteiger partial charge in [-0.1, -0.05) is 11.6 Å². The Labute approximate surface area is 170 Å². The Hall–Kier alpha value is -2.09. The largest absolute Gasteiger partial charge is 0.494 e. The molecule has 6 nitrogen and oxygen atoms in total. The first-order valence-corrected chi connectivity index (χ1v) is 10.9. The summed E-state index contributed by atoms with van der Waals surface area (Å²) in [5, 5.41) is 3.41. The average Bonchev–Trinajstić information content (AvgIpc) is 3.47. The summed E-state index contributed by atoms with van der Waals surface area (Å²) >= 11 is 5.85. The van der Waals surface area contributed by atoms with Crippen molar-refractivity contribution in [3.63, 3.8) is 0 Å². The predicted octanol–water partition coefficient (Wildman–Crippen LogP) is 3.45. The zero-order valence-electron chi connectivity index (χ0n) is 15.8. The molecule has 1 fully saturated rings. The molecule has 150 valence electrons. The van der Waals surface area contributed by atoms with Crippen molar-refractivity contribution in [1.82, 2.24) is 9.62 Å². The molecule has 0 aliphatic heterocycles. The van der Waals surface area contributed by atoms with Crippen molar-refractivity contribution >= 4 is 27.5 Å². The van der Waals surface area contributed by atoms with Gasteiger partial charge in [-0.15, -0.1) is 0 Å². The van der Waals surface area contributed by atoms with Crippen molar-refractivity contribution in [3.05, 3.63) is 58.6 Å². The SMILES string of the molecule is CCOc1ccc(C(=O)NC2CC2)cc1CN(C)S(=O)(=O)c1ccc(Cl)cc1. The Kier molecular flexibility index (Phi) is 6.27. The topological polar surface area (TPSA) is 75.7 Å². The molecule has 0 spiro atoms. The molecular formula is C20H23ClN2O4S. The van der Waals surface area contributed by atoms with Gasteiger partial charge in [0.05, 0.1) is 11.5 Å². The number of sulfonamides is 1. The molecule has 0 atom stereocenters. The van der Waals surface area contributed by atoms with Crippen LogP contribution in [0.1, 0.15) is 35.7 Å². The van der Waals surface area contributed by atoms with Crippen molar-refractivity contribution < 1.29 is 17.9 Å². The lowest BCUT2D eigenvalue weighted by molar-refractivity contribution is 0.0951.